The van der Waals surface area contributed by atoms with E-state index in [-0.39, 0.29) is 23.2 Å². The zero-order chi connectivity index (χ0) is 13.0. The Kier molecular flexibility index (Phi) is 7.08. The molecular weight excluding hydrogens is 286 g/mol. The lowest BCUT2D eigenvalue weighted by atomic mass is 10.1. The maximum absolute atomic E-state index is 13.9. The first-order valence-electron chi connectivity index (χ1n) is 6.60. The zero-order valence-electron chi connectivity index (χ0n) is 11.2. The number of rotatable bonds is 5. The molecule has 0 aromatic heterocycles. The highest BCUT2D eigenvalue weighted by Crippen LogP contribution is 2.21. The fourth-order valence-corrected chi connectivity index (χ4v) is 2.71. The molecule has 0 amide bonds. The molecule has 1 atom stereocenters. The molecule has 1 N–H and O–H groups in total. The molecule has 1 aliphatic heterocycles. The third-order valence-electron chi connectivity index (χ3n) is 3.47. The van der Waals surface area contributed by atoms with Crippen LogP contribution >= 0.6 is 24.0 Å². The highest BCUT2D eigenvalue weighted by atomic mass is 35.5. The number of nitrogens with zero attached hydrogens (tertiary/aromatic N) is 1. The minimum Gasteiger partial charge on any atom is -0.315 e. The van der Waals surface area contributed by atoms with Crippen LogP contribution in [0, 0.1) is 5.82 Å². The normalized spacial score (nSPS) is 18.6. The van der Waals surface area contributed by atoms with E-state index in [4.69, 9.17) is 11.6 Å². The molecule has 1 aromatic carbocycles. The highest BCUT2D eigenvalue weighted by molar-refractivity contribution is 6.30. The molecule has 0 aliphatic carbocycles. The first-order valence-corrected chi connectivity index (χ1v) is 6.97. The van der Waals surface area contributed by atoms with Crippen LogP contribution < -0.4 is 5.32 Å². The van der Waals surface area contributed by atoms with Gasteiger partial charge in [0.05, 0.1) is 5.02 Å². The number of hydrogen-bond donors (Lipinski definition) is 1. The van der Waals surface area contributed by atoms with E-state index in [1.807, 2.05) is 12.1 Å². The van der Waals surface area contributed by atoms with Crippen LogP contribution in [0.3, 0.4) is 0 Å². The smallest absolute Gasteiger partial charge is 0.146 e. The molecule has 108 valence electrons. The summed E-state index contributed by atoms with van der Waals surface area (Å²) < 4.78 is 13.9. The summed E-state index contributed by atoms with van der Waals surface area (Å²) in [6.07, 6.45) is 2.22. The van der Waals surface area contributed by atoms with Crippen molar-refractivity contribution in [2.24, 2.45) is 0 Å². The molecule has 1 unspecified atom stereocenters. The first-order chi connectivity index (χ1) is 8.72. The van der Waals surface area contributed by atoms with Crippen LogP contribution in [0.15, 0.2) is 18.2 Å². The summed E-state index contributed by atoms with van der Waals surface area (Å²) in [5.41, 5.74) is 0.697. The van der Waals surface area contributed by atoms with Gasteiger partial charge in [-0.2, -0.15) is 0 Å². The van der Waals surface area contributed by atoms with Crippen molar-refractivity contribution in [2.45, 2.75) is 32.4 Å². The molecule has 1 aliphatic rings. The standard InChI is InChI=1S/C14H20ClFN2.ClH/c1-2-8-18(12-6-7-17-9-12)10-11-4-3-5-13(15)14(11)16;/h3-5,12,17H,2,6-10H2,1H3;1H. The molecule has 1 saturated heterocycles. The van der Waals surface area contributed by atoms with Gasteiger partial charge in [0.2, 0.25) is 0 Å². The van der Waals surface area contributed by atoms with Crippen LogP contribution in [0.5, 0.6) is 0 Å². The molecule has 2 rings (SSSR count). The fourth-order valence-electron chi connectivity index (χ4n) is 2.52. The number of hydrogen-bond acceptors (Lipinski definition) is 2. The molecule has 2 nitrogen and oxygen atoms in total. The van der Waals surface area contributed by atoms with E-state index < -0.39 is 0 Å². The van der Waals surface area contributed by atoms with E-state index in [2.05, 4.69) is 17.1 Å². The van der Waals surface area contributed by atoms with Gasteiger partial charge >= 0.3 is 0 Å². The van der Waals surface area contributed by atoms with Crippen molar-refractivity contribution < 1.29 is 4.39 Å². The molecule has 0 spiro atoms. The van der Waals surface area contributed by atoms with E-state index in [9.17, 15) is 4.39 Å². The molecule has 1 fully saturated rings. The monoisotopic (exact) mass is 306 g/mol. The van der Waals surface area contributed by atoms with E-state index in [0.29, 0.717) is 18.2 Å². The maximum atomic E-state index is 13.9. The minimum atomic E-state index is -0.272. The SMILES string of the molecule is CCCN(Cc1cccc(Cl)c1F)C1CCNC1.Cl. The van der Waals surface area contributed by atoms with Crippen LogP contribution in [0.4, 0.5) is 4.39 Å². The first kappa shape index (κ1) is 16.7. The summed E-state index contributed by atoms with van der Waals surface area (Å²) >= 11 is 5.83. The third kappa shape index (κ3) is 4.32. The average molecular weight is 307 g/mol. The third-order valence-corrected chi connectivity index (χ3v) is 3.76. The Morgan fingerprint density at radius 3 is 2.89 bits per heavy atom. The average Bonchev–Trinajstić information content (AvgIpc) is 2.88. The predicted octanol–water partition coefficient (Wildman–Crippen LogP) is 3.47. The van der Waals surface area contributed by atoms with Gasteiger partial charge in [-0.1, -0.05) is 30.7 Å². The van der Waals surface area contributed by atoms with Crippen LogP contribution in [0.2, 0.25) is 5.02 Å². The van der Waals surface area contributed by atoms with Gasteiger partial charge in [0.15, 0.2) is 0 Å². The molecule has 19 heavy (non-hydrogen) atoms. The second-order valence-electron chi connectivity index (χ2n) is 4.83. The summed E-state index contributed by atoms with van der Waals surface area (Å²) in [6.45, 7) is 5.86. The molecule has 1 heterocycles. The Balaban J connectivity index is 0.00000180. The summed E-state index contributed by atoms with van der Waals surface area (Å²) in [5.74, 6) is -0.272. The van der Waals surface area contributed by atoms with Crippen molar-refractivity contribution in [3.63, 3.8) is 0 Å². The molecule has 1 aromatic rings. The summed E-state index contributed by atoms with van der Waals surface area (Å²) in [6, 6.07) is 5.76. The molecule has 0 bridgehead atoms. The van der Waals surface area contributed by atoms with Crippen molar-refractivity contribution in [1.82, 2.24) is 10.2 Å². The van der Waals surface area contributed by atoms with Gasteiger partial charge < -0.3 is 5.32 Å². The van der Waals surface area contributed by atoms with Crippen molar-refractivity contribution >= 4 is 24.0 Å². The van der Waals surface area contributed by atoms with Crippen LogP contribution in [-0.2, 0) is 6.54 Å². The second-order valence-corrected chi connectivity index (χ2v) is 5.24. The topological polar surface area (TPSA) is 15.3 Å². The number of benzene rings is 1. The van der Waals surface area contributed by atoms with Crippen LogP contribution in [0.1, 0.15) is 25.3 Å². The molecule has 0 radical (unpaired) electrons. The fraction of sp³-hybridized carbons (Fsp3) is 0.571. The molecule has 5 heteroatoms. The van der Waals surface area contributed by atoms with Gasteiger partial charge in [0.1, 0.15) is 5.82 Å². The summed E-state index contributed by atoms with van der Waals surface area (Å²) in [4.78, 5) is 2.36. The van der Waals surface area contributed by atoms with E-state index in [0.717, 1.165) is 32.5 Å². The minimum absolute atomic E-state index is 0. The number of nitrogens with one attached hydrogen (secondary N) is 1. The van der Waals surface area contributed by atoms with Gasteiger partial charge in [0, 0.05) is 24.7 Å². The van der Waals surface area contributed by atoms with Crippen molar-refractivity contribution in [2.75, 3.05) is 19.6 Å². The Morgan fingerprint density at radius 1 is 1.47 bits per heavy atom. The van der Waals surface area contributed by atoms with E-state index in [1.165, 1.54) is 0 Å². The van der Waals surface area contributed by atoms with Gasteiger partial charge in [-0.25, -0.2) is 4.39 Å². The summed E-state index contributed by atoms with van der Waals surface area (Å²) in [5, 5.41) is 3.58. The highest BCUT2D eigenvalue weighted by Gasteiger charge is 2.22. The molecular formula is C14H21Cl2FN2. The van der Waals surface area contributed by atoms with E-state index >= 15 is 0 Å². The second kappa shape index (κ2) is 8.05. The van der Waals surface area contributed by atoms with Crippen molar-refractivity contribution in [1.29, 1.82) is 0 Å². The Morgan fingerprint density at radius 2 is 2.26 bits per heavy atom. The lowest BCUT2D eigenvalue weighted by Gasteiger charge is -2.28. The Bertz CT molecular complexity index is 395. The Labute approximate surface area is 125 Å². The van der Waals surface area contributed by atoms with Crippen molar-refractivity contribution in [3.8, 4) is 0 Å². The lowest BCUT2D eigenvalue weighted by molar-refractivity contribution is 0.197. The predicted molar refractivity (Wildman–Crippen MR) is 80.6 cm³/mol. The molecule has 0 saturated carbocycles. The van der Waals surface area contributed by atoms with Gasteiger partial charge in [-0.05, 0) is 32.0 Å². The zero-order valence-corrected chi connectivity index (χ0v) is 12.7. The Hall–Kier alpha value is -0.350. The lowest BCUT2D eigenvalue weighted by Crippen LogP contribution is -2.37. The quantitative estimate of drug-likeness (QED) is 0.896. The van der Waals surface area contributed by atoms with E-state index in [1.54, 1.807) is 6.07 Å². The summed E-state index contributed by atoms with van der Waals surface area (Å²) in [7, 11) is 0. The van der Waals surface area contributed by atoms with Crippen LogP contribution in [-0.4, -0.2) is 30.6 Å². The van der Waals surface area contributed by atoms with Crippen LogP contribution in [0.25, 0.3) is 0 Å². The van der Waals surface area contributed by atoms with Gasteiger partial charge in [-0.3, -0.25) is 4.90 Å². The van der Waals surface area contributed by atoms with Gasteiger partial charge in [0.25, 0.3) is 0 Å². The number of halogens is 3. The van der Waals surface area contributed by atoms with Gasteiger partial charge in [-0.15, -0.1) is 12.4 Å². The maximum Gasteiger partial charge on any atom is 0.146 e. The largest absolute Gasteiger partial charge is 0.315 e. The van der Waals surface area contributed by atoms with Crippen molar-refractivity contribution in [3.05, 3.63) is 34.6 Å².